The van der Waals surface area contributed by atoms with E-state index < -0.39 is 0 Å². The molecule has 0 aromatic heterocycles. The first kappa shape index (κ1) is 27.3. The van der Waals surface area contributed by atoms with E-state index in [0.29, 0.717) is 31.3 Å². The number of carbonyl (C=O) groups is 2. The van der Waals surface area contributed by atoms with Crippen molar-refractivity contribution in [2.75, 3.05) is 32.8 Å². The zero-order valence-corrected chi connectivity index (χ0v) is 20.7. The summed E-state index contributed by atoms with van der Waals surface area (Å²) in [6.07, 6.45) is 5.46. The molecule has 1 aromatic carbocycles. The molecule has 0 radical (unpaired) electrons. The molecule has 1 aliphatic rings. The predicted molar refractivity (Wildman–Crippen MR) is 128 cm³/mol. The maximum absolute atomic E-state index is 14.2. The minimum absolute atomic E-state index is 0.0996. The van der Waals surface area contributed by atoms with Crippen molar-refractivity contribution >= 4 is 11.8 Å². The summed E-state index contributed by atoms with van der Waals surface area (Å²) in [5.41, 5.74) is 0.770. The lowest BCUT2D eigenvalue weighted by molar-refractivity contribution is -0.142. The van der Waals surface area contributed by atoms with Crippen molar-refractivity contribution in [2.45, 2.75) is 72.3 Å². The average Bonchev–Trinajstić information content (AvgIpc) is 3.57. The zero-order chi connectivity index (χ0) is 24.3. The van der Waals surface area contributed by atoms with Crippen LogP contribution >= 0.6 is 0 Å². The molecule has 0 aliphatic heterocycles. The fraction of sp³-hybridized carbons (Fsp3) is 0.692. The number of hydrogen-bond acceptors (Lipinski definition) is 6. The van der Waals surface area contributed by atoms with E-state index in [1.807, 2.05) is 0 Å². The van der Waals surface area contributed by atoms with E-state index in [9.17, 15) is 14.0 Å². The number of ketones is 1. The number of benzene rings is 1. The molecule has 0 amide bonds. The Kier molecular flexibility index (Phi) is 11.3. The molecule has 2 N–H and O–H groups in total. The summed E-state index contributed by atoms with van der Waals surface area (Å²) >= 11 is 0. The number of esters is 1. The van der Waals surface area contributed by atoms with Crippen LogP contribution in [0.2, 0.25) is 0 Å². The monoisotopic (exact) mass is 464 g/mol. The molecule has 0 bridgehead atoms. The molecule has 186 valence electrons. The van der Waals surface area contributed by atoms with Crippen LogP contribution in [0.1, 0.15) is 77.8 Å². The summed E-state index contributed by atoms with van der Waals surface area (Å²) in [5, 5.41) is 6.45. The standard InChI is InChI=1S/C26H41FN2O4/c1-5-32-24(31)17-28-14-8-6-7-9-21(30)16-29-25(26(2,3)4)20-12-13-22(27)23(15-20)33-18-19-10-11-19/h12-13,15,19,25,28-29H,5-11,14,16-18H2,1-4H3. The van der Waals surface area contributed by atoms with Gasteiger partial charge >= 0.3 is 5.97 Å². The van der Waals surface area contributed by atoms with E-state index in [1.165, 1.54) is 6.07 Å². The highest BCUT2D eigenvalue weighted by atomic mass is 19.1. The fourth-order valence-corrected chi connectivity index (χ4v) is 3.68. The highest BCUT2D eigenvalue weighted by molar-refractivity contribution is 5.80. The van der Waals surface area contributed by atoms with Crippen LogP contribution in [0, 0.1) is 17.2 Å². The number of halogens is 1. The minimum atomic E-state index is -0.347. The first-order chi connectivity index (χ1) is 15.7. The molecule has 6 nitrogen and oxygen atoms in total. The summed E-state index contributed by atoms with van der Waals surface area (Å²) in [4.78, 5) is 23.7. The van der Waals surface area contributed by atoms with E-state index in [2.05, 4.69) is 31.4 Å². The third-order valence-electron chi connectivity index (χ3n) is 5.71. The Hall–Kier alpha value is -1.99. The molecular formula is C26H41FN2O4. The Bertz CT molecular complexity index is 759. The van der Waals surface area contributed by atoms with Crippen molar-refractivity contribution < 1.29 is 23.5 Å². The molecule has 1 atom stereocenters. The first-order valence-electron chi connectivity index (χ1n) is 12.2. The molecule has 33 heavy (non-hydrogen) atoms. The van der Waals surface area contributed by atoms with Gasteiger partial charge in [0.2, 0.25) is 0 Å². The van der Waals surface area contributed by atoms with Crippen LogP contribution in [0.15, 0.2) is 18.2 Å². The van der Waals surface area contributed by atoms with Crippen LogP contribution in [0.4, 0.5) is 4.39 Å². The Balaban J connectivity index is 1.75. The molecule has 1 fully saturated rings. The van der Waals surface area contributed by atoms with E-state index >= 15 is 0 Å². The zero-order valence-electron chi connectivity index (χ0n) is 20.7. The van der Waals surface area contributed by atoms with Crippen molar-refractivity contribution in [2.24, 2.45) is 11.3 Å². The number of hydrogen-bond donors (Lipinski definition) is 2. The molecule has 1 aromatic rings. The molecule has 2 rings (SSSR count). The molecule has 1 saturated carbocycles. The summed E-state index contributed by atoms with van der Waals surface area (Å²) in [7, 11) is 0. The van der Waals surface area contributed by atoms with Gasteiger partial charge in [-0.3, -0.25) is 9.59 Å². The molecule has 1 aliphatic carbocycles. The van der Waals surface area contributed by atoms with Crippen LogP contribution in [0.5, 0.6) is 5.75 Å². The largest absolute Gasteiger partial charge is 0.490 e. The second-order valence-electron chi connectivity index (χ2n) is 9.96. The van der Waals surface area contributed by atoms with Crippen LogP contribution in [0.25, 0.3) is 0 Å². The van der Waals surface area contributed by atoms with Crippen LogP contribution in [-0.4, -0.2) is 44.6 Å². The fourth-order valence-electron chi connectivity index (χ4n) is 3.68. The van der Waals surface area contributed by atoms with Crippen LogP contribution in [0.3, 0.4) is 0 Å². The van der Waals surface area contributed by atoms with Gasteiger partial charge in [-0.2, -0.15) is 0 Å². The Morgan fingerprint density at radius 2 is 1.91 bits per heavy atom. The second-order valence-corrected chi connectivity index (χ2v) is 9.96. The third-order valence-corrected chi connectivity index (χ3v) is 5.71. The predicted octanol–water partition coefficient (Wildman–Crippen LogP) is 4.57. The van der Waals surface area contributed by atoms with Gasteiger partial charge in [-0.25, -0.2) is 4.39 Å². The maximum Gasteiger partial charge on any atom is 0.319 e. The smallest absolute Gasteiger partial charge is 0.319 e. The number of nitrogens with one attached hydrogen (secondary N) is 2. The number of carbonyl (C=O) groups excluding carboxylic acids is 2. The number of unbranched alkanes of at least 4 members (excludes halogenated alkanes) is 2. The SMILES string of the molecule is CCOC(=O)CNCCCCCC(=O)CNC(c1ccc(F)c(OCC2CC2)c1)C(C)(C)C. The Morgan fingerprint density at radius 3 is 2.58 bits per heavy atom. The van der Waals surface area contributed by atoms with E-state index in [4.69, 9.17) is 9.47 Å². The lowest BCUT2D eigenvalue weighted by Gasteiger charge is -2.32. The van der Waals surface area contributed by atoms with Gasteiger partial charge in [-0.1, -0.05) is 33.3 Å². The van der Waals surface area contributed by atoms with Gasteiger partial charge < -0.3 is 20.1 Å². The van der Waals surface area contributed by atoms with Gasteiger partial charge in [-0.15, -0.1) is 0 Å². The first-order valence-corrected chi connectivity index (χ1v) is 12.2. The van der Waals surface area contributed by atoms with E-state index in [1.54, 1.807) is 19.1 Å². The van der Waals surface area contributed by atoms with E-state index in [-0.39, 0.29) is 42.1 Å². The van der Waals surface area contributed by atoms with E-state index in [0.717, 1.165) is 44.2 Å². The quantitative estimate of drug-likeness (QED) is 0.276. The van der Waals surface area contributed by atoms with Gasteiger partial charge in [0.25, 0.3) is 0 Å². The van der Waals surface area contributed by atoms with Crippen LogP contribution < -0.4 is 15.4 Å². The summed E-state index contributed by atoms with van der Waals surface area (Å²) in [6, 6.07) is 4.90. The van der Waals surface area contributed by atoms with Gasteiger partial charge in [0, 0.05) is 12.5 Å². The second kappa shape index (κ2) is 13.7. The maximum atomic E-state index is 14.2. The van der Waals surface area contributed by atoms with Gasteiger partial charge in [-0.05, 0) is 68.2 Å². The summed E-state index contributed by atoms with van der Waals surface area (Å²) in [6.45, 7) is 10.3. The minimum Gasteiger partial charge on any atom is -0.490 e. The molecule has 0 heterocycles. The Labute approximate surface area is 198 Å². The number of Topliss-reactive ketones (excluding diaryl/α,β-unsaturated/α-hetero) is 1. The molecule has 7 heteroatoms. The summed E-state index contributed by atoms with van der Waals surface area (Å²) < 4.78 is 24.8. The normalized spacial score (nSPS) is 14.7. The third kappa shape index (κ3) is 10.7. The van der Waals surface area contributed by atoms with Gasteiger partial charge in [0.15, 0.2) is 11.6 Å². The van der Waals surface area contributed by atoms with Crippen molar-refractivity contribution in [3.8, 4) is 5.75 Å². The topological polar surface area (TPSA) is 76.7 Å². The number of rotatable bonds is 16. The summed E-state index contributed by atoms with van der Waals surface area (Å²) in [5.74, 6) is 0.416. The molecular weight excluding hydrogens is 423 g/mol. The average molecular weight is 465 g/mol. The molecule has 0 spiro atoms. The number of ether oxygens (including phenoxy) is 2. The van der Waals surface area contributed by atoms with Crippen molar-refractivity contribution in [3.05, 3.63) is 29.6 Å². The van der Waals surface area contributed by atoms with Gasteiger partial charge in [0.1, 0.15) is 5.78 Å². The highest BCUT2D eigenvalue weighted by Gasteiger charge is 2.28. The lowest BCUT2D eigenvalue weighted by Crippen LogP contribution is -2.35. The van der Waals surface area contributed by atoms with Crippen LogP contribution in [-0.2, 0) is 14.3 Å². The highest BCUT2D eigenvalue weighted by Crippen LogP contribution is 2.36. The molecule has 1 unspecified atom stereocenters. The van der Waals surface area contributed by atoms with Crippen molar-refractivity contribution in [1.29, 1.82) is 0 Å². The van der Waals surface area contributed by atoms with Crippen molar-refractivity contribution in [1.82, 2.24) is 10.6 Å². The lowest BCUT2D eigenvalue weighted by atomic mass is 9.82. The Morgan fingerprint density at radius 1 is 1.15 bits per heavy atom. The van der Waals surface area contributed by atoms with Crippen molar-refractivity contribution in [3.63, 3.8) is 0 Å². The van der Waals surface area contributed by atoms with Gasteiger partial charge in [0.05, 0.1) is 26.3 Å². The molecule has 0 saturated heterocycles.